The number of rotatable bonds is 5. The molecule has 0 unspecified atom stereocenters. The van der Waals surface area contributed by atoms with Gasteiger partial charge >= 0.3 is 6.47 Å². The molecule has 0 fully saturated rings. The van der Waals surface area contributed by atoms with Crippen molar-refractivity contribution in [1.82, 2.24) is 0 Å². The van der Waals surface area contributed by atoms with Crippen LogP contribution in [0, 0.1) is 0 Å². The van der Waals surface area contributed by atoms with Crippen molar-refractivity contribution < 1.29 is 23.7 Å². The Hall–Kier alpha value is -1.91. The predicted molar refractivity (Wildman–Crippen MR) is 52.4 cm³/mol. The Kier molecular flexibility index (Phi) is 3.79. The summed E-state index contributed by atoms with van der Waals surface area (Å²) in [5.41, 5.74) is 0. The number of benzene rings is 1. The van der Waals surface area contributed by atoms with Crippen LogP contribution in [0.3, 0.4) is 0 Å². The molecule has 0 aliphatic heterocycles. The minimum Gasteiger partial charge on any atom is -0.496 e. The third kappa shape index (κ3) is 2.31. The molecule has 15 heavy (non-hydrogen) atoms. The van der Waals surface area contributed by atoms with Gasteiger partial charge in [0, 0.05) is 12.1 Å². The van der Waals surface area contributed by atoms with Crippen molar-refractivity contribution in [2.24, 2.45) is 0 Å². The van der Waals surface area contributed by atoms with Gasteiger partial charge in [-0.2, -0.15) is 0 Å². The van der Waals surface area contributed by atoms with E-state index in [0.29, 0.717) is 17.2 Å². The van der Waals surface area contributed by atoms with Crippen LogP contribution < -0.4 is 18.9 Å². The number of hydrogen-bond donors (Lipinski definition) is 0. The average molecular weight is 211 g/mol. The number of hydrogen-bond acceptors (Lipinski definition) is 5. The minimum absolute atomic E-state index is 0.177. The normalized spacial score (nSPS) is 9.27. The van der Waals surface area contributed by atoms with Gasteiger partial charge in [-0.15, -0.1) is 0 Å². The highest BCUT2D eigenvalue weighted by Crippen LogP contribution is 2.40. The van der Waals surface area contributed by atoms with Crippen molar-refractivity contribution in [2.45, 2.75) is 0 Å². The fourth-order valence-corrected chi connectivity index (χ4v) is 1.12. The van der Waals surface area contributed by atoms with Crippen molar-refractivity contribution in [2.75, 3.05) is 21.3 Å². The highest BCUT2D eigenvalue weighted by molar-refractivity contribution is 5.60. The quantitative estimate of drug-likeness (QED) is 0.731. The molecule has 0 aliphatic rings. The third-order valence-electron chi connectivity index (χ3n) is 1.81. The molecule has 0 spiro atoms. The van der Waals surface area contributed by atoms with Gasteiger partial charge in [0.2, 0.25) is 5.75 Å². The molecule has 1 aromatic carbocycles. The van der Waals surface area contributed by atoms with E-state index < -0.39 is 0 Å². The zero-order chi connectivity index (χ0) is 11.3. The van der Waals surface area contributed by atoms with Crippen LogP contribution in [0.4, 0.5) is 0 Å². The van der Waals surface area contributed by atoms with E-state index in [1.165, 1.54) is 27.8 Å². The number of ether oxygens (including phenoxy) is 4. The van der Waals surface area contributed by atoms with E-state index >= 15 is 0 Å². The standard InChI is InChI=1S/C10H11O5/c1-12-7-4-8(13-2)10(15-6-11)9(5-7)14-3/h4-5H,1-3H3. The molecule has 5 heteroatoms. The predicted octanol–water partition coefficient (Wildman–Crippen LogP) is 1.16. The van der Waals surface area contributed by atoms with E-state index in [-0.39, 0.29) is 5.75 Å². The molecule has 1 rings (SSSR count). The third-order valence-corrected chi connectivity index (χ3v) is 1.81. The van der Waals surface area contributed by atoms with Gasteiger partial charge in [-0.3, -0.25) is 0 Å². The topological polar surface area (TPSA) is 54.0 Å². The molecule has 0 aromatic heterocycles. The molecule has 0 saturated carbocycles. The molecule has 5 nitrogen and oxygen atoms in total. The number of carbonyl (C=O) groups excluding carboxylic acids is 1. The molecule has 0 atom stereocenters. The van der Waals surface area contributed by atoms with Crippen LogP contribution in [0.1, 0.15) is 0 Å². The second-order valence-corrected chi connectivity index (χ2v) is 2.55. The first-order valence-corrected chi connectivity index (χ1v) is 4.10. The highest BCUT2D eigenvalue weighted by atomic mass is 16.6. The second-order valence-electron chi connectivity index (χ2n) is 2.55. The minimum atomic E-state index is 0.177. The van der Waals surface area contributed by atoms with Crippen LogP contribution in [0.2, 0.25) is 0 Å². The van der Waals surface area contributed by atoms with Crippen molar-refractivity contribution in [1.29, 1.82) is 0 Å². The van der Waals surface area contributed by atoms with Crippen molar-refractivity contribution in [3.63, 3.8) is 0 Å². The lowest BCUT2D eigenvalue weighted by Gasteiger charge is -2.12. The largest absolute Gasteiger partial charge is 0.496 e. The molecule has 0 aliphatic carbocycles. The fourth-order valence-electron chi connectivity index (χ4n) is 1.12. The van der Waals surface area contributed by atoms with E-state index in [1.54, 1.807) is 12.1 Å². The molecule has 1 radical (unpaired) electrons. The van der Waals surface area contributed by atoms with Gasteiger partial charge in [-0.1, -0.05) is 0 Å². The lowest BCUT2D eigenvalue weighted by molar-refractivity contribution is 0.341. The SMILES string of the molecule is COc1cc(OC)c(O[C]=O)c(OC)c1. The van der Waals surface area contributed by atoms with Crippen LogP contribution in [-0.2, 0) is 4.79 Å². The monoisotopic (exact) mass is 211 g/mol. The van der Waals surface area contributed by atoms with Crippen LogP contribution in [0.5, 0.6) is 23.0 Å². The molecule has 1 aromatic rings. The summed E-state index contributed by atoms with van der Waals surface area (Å²) in [4.78, 5) is 10.2. The van der Waals surface area contributed by atoms with Crippen LogP contribution in [0.15, 0.2) is 12.1 Å². The van der Waals surface area contributed by atoms with Gasteiger partial charge in [-0.05, 0) is 0 Å². The maximum atomic E-state index is 10.2. The maximum absolute atomic E-state index is 10.2. The Morgan fingerprint density at radius 3 is 1.87 bits per heavy atom. The molecule has 0 bridgehead atoms. The van der Waals surface area contributed by atoms with Crippen molar-refractivity contribution in [3.8, 4) is 23.0 Å². The van der Waals surface area contributed by atoms with Gasteiger partial charge in [0.15, 0.2) is 11.5 Å². The Morgan fingerprint density at radius 1 is 1.00 bits per heavy atom. The Labute approximate surface area is 87.5 Å². The zero-order valence-electron chi connectivity index (χ0n) is 8.70. The molecular formula is C10H11O5. The molecular weight excluding hydrogens is 200 g/mol. The van der Waals surface area contributed by atoms with E-state index in [2.05, 4.69) is 4.74 Å². The molecule has 0 N–H and O–H groups in total. The Bertz CT molecular complexity index is 323. The summed E-state index contributed by atoms with van der Waals surface area (Å²) in [7, 11) is 4.42. The molecule has 81 valence electrons. The first-order chi connectivity index (χ1) is 7.26. The lowest BCUT2D eigenvalue weighted by Crippen LogP contribution is -1.98. The van der Waals surface area contributed by atoms with Crippen LogP contribution in [-0.4, -0.2) is 27.8 Å². The molecule has 0 heterocycles. The summed E-state index contributed by atoms with van der Waals surface area (Å²) in [5, 5.41) is 0. The summed E-state index contributed by atoms with van der Waals surface area (Å²) in [6.45, 7) is 1.32. The molecule has 0 saturated heterocycles. The summed E-state index contributed by atoms with van der Waals surface area (Å²) in [5.74, 6) is 1.40. The van der Waals surface area contributed by atoms with Crippen LogP contribution in [0.25, 0.3) is 0 Å². The van der Waals surface area contributed by atoms with Gasteiger partial charge in [0.25, 0.3) is 0 Å². The first-order valence-electron chi connectivity index (χ1n) is 4.10. The Morgan fingerprint density at radius 2 is 1.53 bits per heavy atom. The van der Waals surface area contributed by atoms with E-state index in [1.807, 2.05) is 0 Å². The summed E-state index contributed by atoms with van der Waals surface area (Å²) < 4.78 is 19.7. The van der Waals surface area contributed by atoms with E-state index in [0.717, 1.165) is 0 Å². The van der Waals surface area contributed by atoms with E-state index in [9.17, 15) is 4.79 Å². The zero-order valence-corrected chi connectivity index (χ0v) is 8.70. The first kappa shape index (κ1) is 11.2. The summed E-state index contributed by atoms with van der Waals surface area (Å²) in [6, 6.07) is 3.16. The van der Waals surface area contributed by atoms with Gasteiger partial charge in [-0.25, -0.2) is 4.79 Å². The fraction of sp³-hybridized carbons (Fsp3) is 0.300. The average Bonchev–Trinajstić information content (AvgIpc) is 2.29. The van der Waals surface area contributed by atoms with Gasteiger partial charge in [0.1, 0.15) is 5.75 Å². The Balaban J connectivity index is 3.25. The lowest BCUT2D eigenvalue weighted by atomic mass is 10.2. The van der Waals surface area contributed by atoms with Gasteiger partial charge < -0.3 is 18.9 Å². The van der Waals surface area contributed by atoms with Gasteiger partial charge in [0.05, 0.1) is 21.3 Å². The van der Waals surface area contributed by atoms with Crippen molar-refractivity contribution in [3.05, 3.63) is 12.1 Å². The highest BCUT2D eigenvalue weighted by Gasteiger charge is 2.14. The molecule has 0 amide bonds. The van der Waals surface area contributed by atoms with Crippen molar-refractivity contribution >= 4 is 6.47 Å². The number of methoxy groups -OCH3 is 3. The van der Waals surface area contributed by atoms with E-state index in [4.69, 9.17) is 14.2 Å². The smallest absolute Gasteiger partial charge is 0.423 e. The van der Waals surface area contributed by atoms with Crippen LogP contribution >= 0.6 is 0 Å². The summed E-state index contributed by atoms with van der Waals surface area (Å²) in [6.07, 6.45) is 0. The second kappa shape index (κ2) is 5.09. The maximum Gasteiger partial charge on any atom is 0.423 e. The summed E-state index contributed by atoms with van der Waals surface area (Å²) >= 11 is 0.